The van der Waals surface area contributed by atoms with E-state index < -0.39 is 18.6 Å². The topological polar surface area (TPSA) is 46.3 Å². The van der Waals surface area contributed by atoms with Crippen LogP contribution < -0.4 is 5.73 Å². The standard InChI is InChI=1S/C8H13F3N2O/c9-8(10,11)6(4-12)5-13-3-1-2-7(13)14/h6H,1-5,12H2. The van der Waals surface area contributed by atoms with E-state index in [4.69, 9.17) is 5.73 Å². The number of carbonyl (C=O) groups excluding carboxylic acids is 1. The number of halogens is 3. The molecule has 14 heavy (non-hydrogen) atoms. The molecule has 1 heterocycles. The Morgan fingerprint density at radius 2 is 2.14 bits per heavy atom. The summed E-state index contributed by atoms with van der Waals surface area (Å²) in [6, 6.07) is 0. The van der Waals surface area contributed by atoms with Crippen molar-refractivity contribution in [2.24, 2.45) is 11.7 Å². The zero-order chi connectivity index (χ0) is 10.8. The highest BCUT2D eigenvalue weighted by Gasteiger charge is 2.40. The van der Waals surface area contributed by atoms with Gasteiger partial charge in [-0.05, 0) is 6.42 Å². The maximum atomic E-state index is 12.3. The Kier molecular flexibility index (Phi) is 3.36. The molecular formula is C8H13F3N2O. The van der Waals surface area contributed by atoms with Gasteiger partial charge in [0, 0.05) is 26.1 Å². The molecule has 0 spiro atoms. The Hall–Kier alpha value is -0.780. The predicted molar refractivity (Wildman–Crippen MR) is 44.4 cm³/mol. The van der Waals surface area contributed by atoms with Crippen LogP contribution in [0.3, 0.4) is 0 Å². The van der Waals surface area contributed by atoms with Crippen molar-refractivity contribution < 1.29 is 18.0 Å². The summed E-state index contributed by atoms with van der Waals surface area (Å²) >= 11 is 0. The molecule has 0 radical (unpaired) electrons. The van der Waals surface area contributed by atoms with E-state index in [-0.39, 0.29) is 12.5 Å². The summed E-state index contributed by atoms with van der Waals surface area (Å²) in [5.41, 5.74) is 5.02. The van der Waals surface area contributed by atoms with Gasteiger partial charge in [-0.25, -0.2) is 0 Å². The molecule has 0 aliphatic carbocycles. The summed E-state index contributed by atoms with van der Waals surface area (Å²) in [5, 5.41) is 0. The second kappa shape index (κ2) is 4.16. The monoisotopic (exact) mass is 210 g/mol. The van der Waals surface area contributed by atoms with Crippen molar-refractivity contribution in [1.82, 2.24) is 4.90 Å². The Bertz CT molecular complexity index is 217. The quantitative estimate of drug-likeness (QED) is 0.747. The second-order valence-corrected chi connectivity index (χ2v) is 3.42. The fraction of sp³-hybridized carbons (Fsp3) is 0.875. The largest absolute Gasteiger partial charge is 0.394 e. The molecule has 0 aromatic carbocycles. The molecule has 1 aliphatic heterocycles. The Balaban J connectivity index is 2.52. The lowest BCUT2D eigenvalue weighted by molar-refractivity contribution is -0.176. The van der Waals surface area contributed by atoms with E-state index in [2.05, 4.69) is 0 Å². The van der Waals surface area contributed by atoms with Crippen LogP contribution in [0.5, 0.6) is 0 Å². The first-order valence-electron chi connectivity index (χ1n) is 4.49. The zero-order valence-electron chi connectivity index (χ0n) is 7.68. The molecule has 0 aromatic heterocycles. The van der Waals surface area contributed by atoms with E-state index >= 15 is 0 Å². The van der Waals surface area contributed by atoms with Crippen molar-refractivity contribution in [3.63, 3.8) is 0 Å². The Labute approximate surface area is 80.0 Å². The lowest BCUT2D eigenvalue weighted by atomic mass is 10.1. The SMILES string of the molecule is NCC(CN1CCCC1=O)C(F)(F)F. The number of likely N-dealkylation sites (tertiary alicyclic amines) is 1. The van der Waals surface area contributed by atoms with E-state index in [1.54, 1.807) is 0 Å². The summed E-state index contributed by atoms with van der Waals surface area (Å²) in [5.74, 6) is -1.79. The van der Waals surface area contributed by atoms with Crippen LogP contribution in [0.1, 0.15) is 12.8 Å². The van der Waals surface area contributed by atoms with Crippen LogP contribution in [-0.4, -0.2) is 36.6 Å². The van der Waals surface area contributed by atoms with Gasteiger partial charge in [-0.15, -0.1) is 0 Å². The molecule has 3 nitrogen and oxygen atoms in total. The van der Waals surface area contributed by atoms with Gasteiger partial charge in [0.2, 0.25) is 5.91 Å². The summed E-state index contributed by atoms with van der Waals surface area (Å²) in [4.78, 5) is 12.3. The van der Waals surface area contributed by atoms with E-state index in [0.717, 1.165) is 0 Å². The third-order valence-corrected chi connectivity index (χ3v) is 2.36. The molecule has 0 bridgehead atoms. The van der Waals surface area contributed by atoms with Gasteiger partial charge in [-0.2, -0.15) is 13.2 Å². The van der Waals surface area contributed by atoms with Crippen molar-refractivity contribution in [2.75, 3.05) is 19.6 Å². The minimum Gasteiger partial charge on any atom is -0.342 e. The number of nitrogens with zero attached hydrogens (tertiary/aromatic N) is 1. The van der Waals surface area contributed by atoms with E-state index in [1.165, 1.54) is 4.90 Å². The molecule has 2 N–H and O–H groups in total. The van der Waals surface area contributed by atoms with Crippen molar-refractivity contribution in [3.8, 4) is 0 Å². The molecule has 0 saturated carbocycles. The van der Waals surface area contributed by atoms with Crippen molar-refractivity contribution >= 4 is 5.91 Å². The molecule has 6 heteroatoms. The van der Waals surface area contributed by atoms with Crippen molar-refractivity contribution in [3.05, 3.63) is 0 Å². The van der Waals surface area contributed by atoms with Crippen molar-refractivity contribution in [2.45, 2.75) is 19.0 Å². The highest BCUT2D eigenvalue weighted by molar-refractivity contribution is 5.78. The molecule has 1 amide bonds. The number of hydrogen-bond donors (Lipinski definition) is 1. The normalized spacial score (nSPS) is 20.3. The minimum absolute atomic E-state index is 0.201. The Morgan fingerprint density at radius 1 is 1.50 bits per heavy atom. The van der Waals surface area contributed by atoms with Gasteiger partial charge in [-0.1, -0.05) is 0 Å². The van der Waals surface area contributed by atoms with Gasteiger partial charge >= 0.3 is 6.18 Å². The van der Waals surface area contributed by atoms with Crippen LogP contribution in [0.2, 0.25) is 0 Å². The lowest BCUT2D eigenvalue weighted by Gasteiger charge is -2.24. The maximum Gasteiger partial charge on any atom is 0.394 e. The minimum atomic E-state index is -4.31. The summed E-state index contributed by atoms with van der Waals surface area (Å²) in [6.45, 7) is -0.336. The fourth-order valence-corrected chi connectivity index (χ4v) is 1.47. The van der Waals surface area contributed by atoms with Gasteiger partial charge in [0.05, 0.1) is 5.92 Å². The number of hydrogen-bond acceptors (Lipinski definition) is 2. The van der Waals surface area contributed by atoms with Gasteiger partial charge in [0.1, 0.15) is 0 Å². The van der Waals surface area contributed by atoms with Gasteiger partial charge < -0.3 is 10.6 Å². The average molecular weight is 210 g/mol. The van der Waals surface area contributed by atoms with Crippen LogP contribution in [0.25, 0.3) is 0 Å². The first-order chi connectivity index (χ1) is 6.45. The summed E-state index contributed by atoms with van der Waals surface area (Å²) in [6.07, 6.45) is -3.30. The molecule has 0 aromatic rings. The van der Waals surface area contributed by atoms with Crippen LogP contribution in [0.15, 0.2) is 0 Å². The van der Waals surface area contributed by atoms with Gasteiger partial charge in [0.25, 0.3) is 0 Å². The molecule has 82 valence electrons. The molecule has 1 aliphatic rings. The number of alkyl halides is 3. The predicted octanol–water partition coefficient (Wildman–Crippen LogP) is 0.746. The number of nitrogens with two attached hydrogens (primary N) is 1. The number of rotatable bonds is 3. The van der Waals surface area contributed by atoms with E-state index in [9.17, 15) is 18.0 Å². The molecule has 1 unspecified atom stereocenters. The molecule has 1 fully saturated rings. The van der Waals surface area contributed by atoms with Gasteiger partial charge in [0.15, 0.2) is 0 Å². The zero-order valence-corrected chi connectivity index (χ0v) is 7.68. The smallest absolute Gasteiger partial charge is 0.342 e. The van der Waals surface area contributed by atoms with Crippen LogP contribution in [0, 0.1) is 5.92 Å². The molecule has 1 rings (SSSR count). The van der Waals surface area contributed by atoms with Crippen LogP contribution >= 0.6 is 0 Å². The summed E-state index contributed by atoms with van der Waals surface area (Å²) < 4.78 is 36.8. The number of amides is 1. The Morgan fingerprint density at radius 3 is 2.50 bits per heavy atom. The first kappa shape index (κ1) is 11.3. The maximum absolute atomic E-state index is 12.3. The number of carbonyl (C=O) groups is 1. The van der Waals surface area contributed by atoms with Crippen molar-refractivity contribution in [1.29, 1.82) is 0 Å². The first-order valence-corrected chi connectivity index (χ1v) is 4.49. The van der Waals surface area contributed by atoms with Crippen LogP contribution in [-0.2, 0) is 4.79 Å². The van der Waals surface area contributed by atoms with E-state index in [0.29, 0.717) is 19.4 Å². The second-order valence-electron chi connectivity index (χ2n) is 3.42. The molecule has 1 atom stereocenters. The fourth-order valence-electron chi connectivity index (χ4n) is 1.47. The molecule has 1 saturated heterocycles. The van der Waals surface area contributed by atoms with E-state index in [1.807, 2.05) is 0 Å². The third-order valence-electron chi connectivity index (χ3n) is 2.36. The average Bonchev–Trinajstić information content (AvgIpc) is 2.45. The lowest BCUT2D eigenvalue weighted by Crippen LogP contribution is -2.41. The van der Waals surface area contributed by atoms with Gasteiger partial charge in [-0.3, -0.25) is 4.79 Å². The highest BCUT2D eigenvalue weighted by atomic mass is 19.4. The third kappa shape index (κ3) is 2.60. The van der Waals surface area contributed by atoms with Crippen LogP contribution in [0.4, 0.5) is 13.2 Å². The molecular weight excluding hydrogens is 197 g/mol. The summed E-state index contributed by atoms with van der Waals surface area (Å²) in [7, 11) is 0. The highest BCUT2D eigenvalue weighted by Crippen LogP contribution is 2.27.